The second-order valence-electron chi connectivity index (χ2n) is 8.54. The van der Waals surface area contributed by atoms with E-state index in [0.29, 0.717) is 34.6 Å². The Morgan fingerprint density at radius 2 is 1.58 bits per heavy atom. The summed E-state index contributed by atoms with van der Waals surface area (Å²) in [6, 6.07) is 8.04. The topological polar surface area (TPSA) is 183 Å². The lowest BCUT2D eigenvalue weighted by molar-refractivity contribution is 0.0946. The predicted octanol–water partition coefficient (Wildman–Crippen LogP) is 0.340. The highest BCUT2D eigenvalue weighted by molar-refractivity contribution is 7.21. The van der Waals surface area contributed by atoms with E-state index in [0.717, 1.165) is 36.7 Å². The van der Waals surface area contributed by atoms with E-state index in [-0.39, 0.29) is 24.9 Å². The van der Waals surface area contributed by atoms with Crippen LogP contribution in [0, 0.1) is 0 Å². The first kappa shape index (κ1) is 26.8. The number of anilines is 1. The number of benzene rings is 1. The first-order valence-electron chi connectivity index (χ1n) is 12.0. The fourth-order valence-corrected chi connectivity index (χ4v) is 5.03. The number of nitrogens with one attached hydrogen (secondary N) is 3. The van der Waals surface area contributed by atoms with Gasteiger partial charge in [-0.05, 0) is 24.3 Å². The van der Waals surface area contributed by atoms with Gasteiger partial charge in [-0.1, -0.05) is 6.07 Å². The number of hydrogen-bond donors (Lipinski definition) is 5. The van der Waals surface area contributed by atoms with Crippen LogP contribution in [0.1, 0.15) is 30.4 Å². The number of fused-ring (bicyclic) bond motifs is 1. The maximum atomic E-state index is 12.6. The van der Waals surface area contributed by atoms with Gasteiger partial charge >= 0.3 is 6.09 Å². The molecule has 0 spiro atoms. The van der Waals surface area contributed by atoms with Crippen LogP contribution < -0.4 is 26.6 Å². The Morgan fingerprint density at radius 1 is 0.921 bits per heavy atom. The van der Waals surface area contributed by atoms with Crippen molar-refractivity contribution >= 4 is 51.2 Å². The van der Waals surface area contributed by atoms with Crippen LogP contribution >= 0.6 is 11.3 Å². The van der Waals surface area contributed by atoms with Crippen LogP contribution in [0.25, 0.3) is 10.2 Å². The fourth-order valence-electron chi connectivity index (χ4n) is 4.05. The molecule has 2 aromatic heterocycles. The van der Waals surface area contributed by atoms with Crippen molar-refractivity contribution in [1.29, 1.82) is 0 Å². The summed E-state index contributed by atoms with van der Waals surface area (Å²) in [5.41, 5.74) is 6.80. The lowest BCUT2D eigenvalue weighted by Gasteiger charge is -2.35. The Labute approximate surface area is 222 Å². The predicted molar refractivity (Wildman–Crippen MR) is 142 cm³/mol. The number of hydrogen-bond acceptors (Lipinski definition) is 9. The number of primary amides is 1. The molecular formula is C24H28N8O5S. The molecule has 200 valence electrons. The molecule has 0 unspecified atom stereocenters. The Hall–Kier alpha value is -4.30. The molecule has 0 aliphatic carbocycles. The smallest absolute Gasteiger partial charge is 0.404 e. The second-order valence-corrected chi connectivity index (χ2v) is 9.59. The summed E-state index contributed by atoms with van der Waals surface area (Å²) < 4.78 is 0.842. The van der Waals surface area contributed by atoms with Gasteiger partial charge in [-0.25, -0.2) is 14.8 Å². The minimum atomic E-state index is -1.16. The molecule has 1 aliphatic rings. The van der Waals surface area contributed by atoms with E-state index in [1.165, 1.54) is 23.7 Å². The van der Waals surface area contributed by atoms with Gasteiger partial charge < -0.3 is 31.7 Å². The van der Waals surface area contributed by atoms with E-state index in [4.69, 9.17) is 10.8 Å². The Bertz CT molecular complexity index is 1340. The third kappa shape index (κ3) is 6.72. The van der Waals surface area contributed by atoms with E-state index < -0.39 is 12.0 Å². The molecule has 4 rings (SSSR count). The lowest BCUT2D eigenvalue weighted by atomic mass is 10.1. The zero-order chi connectivity index (χ0) is 27.1. The Kier molecular flexibility index (Phi) is 8.66. The van der Waals surface area contributed by atoms with Crippen molar-refractivity contribution in [3.63, 3.8) is 0 Å². The average Bonchev–Trinajstić information content (AvgIpc) is 3.36. The fraction of sp³-hybridized carbons (Fsp3) is 0.333. The molecule has 1 aromatic carbocycles. The van der Waals surface area contributed by atoms with Gasteiger partial charge in [0, 0.05) is 63.5 Å². The summed E-state index contributed by atoms with van der Waals surface area (Å²) in [6.45, 7) is 4.37. The van der Waals surface area contributed by atoms with Crippen LogP contribution in [0.4, 0.5) is 10.6 Å². The molecule has 0 radical (unpaired) electrons. The number of rotatable bonds is 10. The summed E-state index contributed by atoms with van der Waals surface area (Å²) in [6.07, 6.45) is 0.331. The molecule has 0 bridgehead atoms. The molecular weight excluding hydrogens is 512 g/mol. The number of piperazine rings is 1. The van der Waals surface area contributed by atoms with Crippen LogP contribution in [0.5, 0.6) is 0 Å². The molecule has 1 saturated heterocycles. The lowest BCUT2D eigenvalue weighted by Crippen LogP contribution is -2.48. The SMILES string of the molecule is NC(=O)c1cc2ncnc(N3CCN(CCNC(=O)c4cccc(C(=O)NCCNC(=O)O)c4)CC3)c2s1. The molecule has 0 atom stereocenters. The molecule has 1 aliphatic heterocycles. The highest BCUT2D eigenvalue weighted by Gasteiger charge is 2.22. The van der Waals surface area contributed by atoms with Crippen LogP contribution in [-0.4, -0.2) is 96.1 Å². The van der Waals surface area contributed by atoms with Crippen molar-refractivity contribution in [2.24, 2.45) is 5.73 Å². The van der Waals surface area contributed by atoms with E-state index >= 15 is 0 Å². The summed E-state index contributed by atoms with van der Waals surface area (Å²) >= 11 is 1.30. The molecule has 38 heavy (non-hydrogen) atoms. The average molecular weight is 541 g/mol. The van der Waals surface area contributed by atoms with Crippen molar-refractivity contribution in [2.75, 3.05) is 57.3 Å². The van der Waals surface area contributed by atoms with Crippen LogP contribution in [0.15, 0.2) is 36.7 Å². The minimum Gasteiger partial charge on any atom is -0.465 e. The number of carboxylic acid groups (broad SMARTS) is 1. The first-order chi connectivity index (χ1) is 18.3. The Morgan fingerprint density at radius 3 is 2.24 bits per heavy atom. The van der Waals surface area contributed by atoms with Gasteiger partial charge in [0.2, 0.25) is 0 Å². The normalized spacial score (nSPS) is 13.7. The largest absolute Gasteiger partial charge is 0.465 e. The van der Waals surface area contributed by atoms with Gasteiger partial charge in [0.05, 0.1) is 15.1 Å². The monoisotopic (exact) mass is 540 g/mol. The Balaban J connectivity index is 1.23. The number of aromatic nitrogens is 2. The summed E-state index contributed by atoms with van der Waals surface area (Å²) in [7, 11) is 0. The zero-order valence-electron chi connectivity index (χ0n) is 20.5. The number of nitrogens with two attached hydrogens (primary N) is 1. The molecule has 3 heterocycles. The van der Waals surface area contributed by atoms with E-state index in [1.54, 1.807) is 24.3 Å². The first-order valence-corrected chi connectivity index (χ1v) is 12.8. The number of nitrogens with zero attached hydrogens (tertiary/aromatic N) is 4. The van der Waals surface area contributed by atoms with Gasteiger partial charge in [0.25, 0.3) is 17.7 Å². The standard InChI is InChI=1S/C24H28N8O5S/c25-20(33)18-13-17-19(38-18)21(30-14-29-17)32-10-8-31(9-11-32)7-6-27-23(35)16-3-1-2-15(12-16)22(34)26-4-5-28-24(36)37/h1-3,12-14,28H,4-11H2,(H2,25,33)(H,26,34)(H,27,35)(H,36,37). The third-order valence-corrected chi connectivity index (χ3v) is 7.13. The van der Waals surface area contributed by atoms with Gasteiger partial charge in [0.1, 0.15) is 12.1 Å². The molecule has 4 amide bonds. The third-order valence-electron chi connectivity index (χ3n) is 5.99. The number of carbonyl (C=O) groups excluding carboxylic acids is 3. The number of thiophene rings is 1. The maximum absolute atomic E-state index is 12.6. The van der Waals surface area contributed by atoms with Crippen LogP contribution in [-0.2, 0) is 0 Å². The van der Waals surface area contributed by atoms with E-state index in [2.05, 4.69) is 35.7 Å². The summed E-state index contributed by atoms with van der Waals surface area (Å²) in [5, 5.41) is 16.2. The van der Waals surface area contributed by atoms with Crippen molar-refractivity contribution in [3.8, 4) is 0 Å². The second kappa shape index (κ2) is 12.3. The highest BCUT2D eigenvalue weighted by Crippen LogP contribution is 2.31. The number of amides is 4. The van der Waals surface area contributed by atoms with Crippen LogP contribution in [0.2, 0.25) is 0 Å². The van der Waals surface area contributed by atoms with Gasteiger partial charge in [0.15, 0.2) is 0 Å². The van der Waals surface area contributed by atoms with E-state index in [1.807, 2.05) is 0 Å². The van der Waals surface area contributed by atoms with Crippen molar-refractivity contribution in [3.05, 3.63) is 52.7 Å². The van der Waals surface area contributed by atoms with Gasteiger partial charge in [-0.15, -0.1) is 11.3 Å². The maximum Gasteiger partial charge on any atom is 0.404 e. The molecule has 14 heteroatoms. The van der Waals surface area contributed by atoms with Crippen molar-refractivity contribution < 1.29 is 24.3 Å². The molecule has 6 N–H and O–H groups in total. The van der Waals surface area contributed by atoms with E-state index in [9.17, 15) is 19.2 Å². The highest BCUT2D eigenvalue weighted by atomic mass is 32.1. The number of carbonyl (C=O) groups is 4. The summed E-state index contributed by atoms with van der Waals surface area (Å²) in [5.74, 6) is -0.356. The van der Waals surface area contributed by atoms with Crippen molar-refractivity contribution in [1.82, 2.24) is 30.8 Å². The van der Waals surface area contributed by atoms with Gasteiger partial charge in [-0.3, -0.25) is 19.3 Å². The zero-order valence-corrected chi connectivity index (χ0v) is 21.3. The molecule has 13 nitrogen and oxygen atoms in total. The summed E-state index contributed by atoms with van der Waals surface area (Å²) in [4.78, 5) is 60.4. The van der Waals surface area contributed by atoms with Gasteiger partial charge in [-0.2, -0.15) is 0 Å². The quantitative estimate of drug-likeness (QED) is 0.226. The minimum absolute atomic E-state index is 0.0865. The molecule has 0 saturated carbocycles. The molecule has 1 fully saturated rings. The van der Waals surface area contributed by atoms with Crippen LogP contribution in [0.3, 0.4) is 0 Å². The molecule has 3 aromatic rings. The van der Waals surface area contributed by atoms with Crippen molar-refractivity contribution in [2.45, 2.75) is 0 Å².